The fourth-order valence-electron chi connectivity index (χ4n) is 2.22. The van der Waals surface area contributed by atoms with Crippen LogP contribution in [0.15, 0.2) is 29.6 Å². The topological polar surface area (TPSA) is 21.3 Å². The quantitative estimate of drug-likeness (QED) is 0.751. The van der Waals surface area contributed by atoms with E-state index in [1.807, 2.05) is 11.3 Å². The van der Waals surface area contributed by atoms with Crippen LogP contribution in [0.25, 0.3) is 0 Å². The molecule has 2 aromatic rings. The van der Waals surface area contributed by atoms with Gasteiger partial charge >= 0.3 is 0 Å². The number of benzene rings is 1. The van der Waals surface area contributed by atoms with E-state index < -0.39 is 0 Å². The van der Waals surface area contributed by atoms with Crippen molar-refractivity contribution in [3.8, 4) is 5.75 Å². The molecular formula is C18H25NOS. The molecule has 0 bridgehead atoms. The summed E-state index contributed by atoms with van der Waals surface area (Å²) in [5.74, 6) is 1.51. The highest BCUT2D eigenvalue weighted by molar-refractivity contribution is 7.10. The molecule has 1 aromatic carbocycles. The number of nitrogens with one attached hydrogen (secondary N) is 1. The van der Waals surface area contributed by atoms with Gasteiger partial charge in [0.15, 0.2) is 0 Å². The Morgan fingerprint density at radius 2 is 2.00 bits per heavy atom. The minimum Gasteiger partial charge on any atom is -0.492 e. The van der Waals surface area contributed by atoms with E-state index in [1.165, 1.54) is 21.6 Å². The zero-order valence-corrected chi connectivity index (χ0v) is 14.2. The highest BCUT2D eigenvalue weighted by Gasteiger charge is 2.04. The molecule has 0 radical (unpaired) electrons. The molecule has 21 heavy (non-hydrogen) atoms. The molecule has 0 aliphatic heterocycles. The first kappa shape index (κ1) is 16.1. The molecule has 3 heteroatoms. The lowest BCUT2D eigenvalue weighted by molar-refractivity contribution is 0.313. The molecule has 0 aliphatic carbocycles. The SMILES string of the molecule is Cc1cc(OCCNCc2sccc2C)cc(C(C)C)c1. The maximum absolute atomic E-state index is 5.87. The number of hydrogen-bond acceptors (Lipinski definition) is 3. The average molecular weight is 303 g/mol. The number of hydrogen-bond donors (Lipinski definition) is 1. The van der Waals surface area contributed by atoms with Crippen LogP contribution < -0.4 is 10.1 Å². The fourth-order valence-corrected chi connectivity index (χ4v) is 3.10. The molecule has 2 nitrogen and oxygen atoms in total. The standard InChI is InChI=1S/C18H25NOS/c1-13(2)16-9-14(3)10-17(11-16)20-7-6-19-12-18-15(4)5-8-21-18/h5,8-11,13,19H,6-7,12H2,1-4H3. The Kier molecular flexibility index (Phi) is 5.83. The van der Waals surface area contributed by atoms with E-state index in [-0.39, 0.29) is 0 Å². The van der Waals surface area contributed by atoms with E-state index >= 15 is 0 Å². The molecule has 114 valence electrons. The summed E-state index contributed by atoms with van der Waals surface area (Å²) in [5.41, 5.74) is 3.97. The summed E-state index contributed by atoms with van der Waals surface area (Å²) < 4.78 is 5.87. The number of thiophene rings is 1. The summed E-state index contributed by atoms with van der Waals surface area (Å²) in [7, 11) is 0. The first-order chi connectivity index (χ1) is 10.1. The van der Waals surface area contributed by atoms with Gasteiger partial charge in [-0.25, -0.2) is 0 Å². The minimum atomic E-state index is 0.534. The molecule has 1 aromatic heterocycles. The second-order valence-corrected chi connectivity index (χ2v) is 6.79. The van der Waals surface area contributed by atoms with Gasteiger partial charge in [-0.2, -0.15) is 0 Å². The molecule has 1 heterocycles. The van der Waals surface area contributed by atoms with Gasteiger partial charge in [-0.05, 0) is 60.0 Å². The van der Waals surface area contributed by atoms with Crippen molar-refractivity contribution in [1.82, 2.24) is 5.32 Å². The Morgan fingerprint density at radius 1 is 1.19 bits per heavy atom. The third kappa shape index (κ3) is 4.87. The highest BCUT2D eigenvalue weighted by atomic mass is 32.1. The van der Waals surface area contributed by atoms with Crippen LogP contribution in [-0.4, -0.2) is 13.2 Å². The predicted molar refractivity (Wildman–Crippen MR) is 91.5 cm³/mol. The van der Waals surface area contributed by atoms with Crippen LogP contribution in [-0.2, 0) is 6.54 Å². The summed E-state index contributed by atoms with van der Waals surface area (Å²) >= 11 is 1.81. The van der Waals surface area contributed by atoms with Gasteiger partial charge in [-0.1, -0.05) is 19.9 Å². The van der Waals surface area contributed by atoms with E-state index in [4.69, 9.17) is 4.74 Å². The zero-order valence-electron chi connectivity index (χ0n) is 13.4. The summed E-state index contributed by atoms with van der Waals surface area (Å²) in [4.78, 5) is 1.41. The van der Waals surface area contributed by atoms with E-state index in [2.05, 4.69) is 62.7 Å². The van der Waals surface area contributed by atoms with Crippen LogP contribution in [0, 0.1) is 13.8 Å². The van der Waals surface area contributed by atoms with Crippen LogP contribution in [0.5, 0.6) is 5.75 Å². The lowest BCUT2D eigenvalue weighted by Crippen LogP contribution is -2.20. The zero-order chi connectivity index (χ0) is 15.2. The van der Waals surface area contributed by atoms with E-state index in [1.54, 1.807) is 0 Å². The monoisotopic (exact) mass is 303 g/mol. The third-order valence-electron chi connectivity index (χ3n) is 3.54. The molecule has 0 unspecified atom stereocenters. The van der Waals surface area contributed by atoms with Crippen molar-refractivity contribution in [3.63, 3.8) is 0 Å². The average Bonchev–Trinajstić information content (AvgIpc) is 2.83. The van der Waals surface area contributed by atoms with Crippen molar-refractivity contribution in [3.05, 3.63) is 51.2 Å². The van der Waals surface area contributed by atoms with Crippen molar-refractivity contribution in [2.45, 2.75) is 40.2 Å². The summed E-state index contributed by atoms with van der Waals surface area (Å²) in [6.45, 7) is 11.2. The van der Waals surface area contributed by atoms with Gasteiger partial charge in [0, 0.05) is 18.0 Å². The van der Waals surface area contributed by atoms with E-state index in [0.29, 0.717) is 12.5 Å². The number of rotatable bonds is 7. The molecule has 0 aliphatic rings. The van der Waals surface area contributed by atoms with Gasteiger partial charge in [-0.15, -0.1) is 11.3 Å². The first-order valence-electron chi connectivity index (χ1n) is 7.54. The van der Waals surface area contributed by atoms with Crippen LogP contribution >= 0.6 is 11.3 Å². The van der Waals surface area contributed by atoms with Crippen molar-refractivity contribution in [2.75, 3.05) is 13.2 Å². The Labute approximate surface area is 132 Å². The maximum Gasteiger partial charge on any atom is 0.119 e. The molecule has 0 amide bonds. The Bertz CT molecular complexity index is 574. The summed E-state index contributed by atoms with van der Waals surface area (Å²) in [6.07, 6.45) is 0. The van der Waals surface area contributed by atoms with Crippen molar-refractivity contribution in [2.24, 2.45) is 0 Å². The molecule has 2 rings (SSSR count). The minimum absolute atomic E-state index is 0.534. The predicted octanol–water partition coefficient (Wildman–Crippen LogP) is 4.66. The van der Waals surface area contributed by atoms with Gasteiger partial charge in [0.25, 0.3) is 0 Å². The van der Waals surface area contributed by atoms with Crippen LogP contribution in [0.3, 0.4) is 0 Å². The smallest absolute Gasteiger partial charge is 0.119 e. The largest absolute Gasteiger partial charge is 0.492 e. The van der Waals surface area contributed by atoms with Crippen molar-refractivity contribution in [1.29, 1.82) is 0 Å². The van der Waals surface area contributed by atoms with Gasteiger partial charge in [0.2, 0.25) is 0 Å². The summed E-state index contributed by atoms with van der Waals surface area (Å²) in [5, 5.41) is 5.58. The van der Waals surface area contributed by atoms with Gasteiger partial charge in [0.05, 0.1) is 0 Å². The number of ether oxygens (including phenoxy) is 1. The Balaban J connectivity index is 1.77. The van der Waals surface area contributed by atoms with Gasteiger partial charge in [-0.3, -0.25) is 0 Å². The third-order valence-corrected chi connectivity index (χ3v) is 4.56. The van der Waals surface area contributed by atoms with E-state index in [0.717, 1.165) is 18.8 Å². The lowest BCUT2D eigenvalue weighted by atomic mass is 10.0. The van der Waals surface area contributed by atoms with Crippen LogP contribution in [0.2, 0.25) is 0 Å². The second-order valence-electron chi connectivity index (χ2n) is 5.79. The van der Waals surface area contributed by atoms with Crippen molar-refractivity contribution >= 4 is 11.3 Å². The highest BCUT2D eigenvalue weighted by Crippen LogP contribution is 2.22. The summed E-state index contributed by atoms with van der Waals surface area (Å²) in [6, 6.07) is 8.66. The lowest BCUT2D eigenvalue weighted by Gasteiger charge is -2.12. The molecule has 0 atom stereocenters. The Morgan fingerprint density at radius 3 is 2.67 bits per heavy atom. The molecule has 0 saturated heterocycles. The second kappa shape index (κ2) is 7.62. The number of aryl methyl sites for hydroxylation is 2. The molecule has 0 fully saturated rings. The van der Waals surface area contributed by atoms with Gasteiger partial charge < -0.3 is 10.1 Å². The van der Waals surface area contributed by atoms with Gasteiger partial charge in [0.1, 0.15) is 12.4 Å². The molecule has 1 N–H and O–H groups in total. The maximum atomic E-state index is 5.87. The molecule has 0 saturated carbocycles. The molecule has 0 spiro atoms. The Hall–Kier alpha value is -1.32. The van der Waals surface area contributed by atoms with E-state index in [9.17, 15) is 0 Å². The normalized spacial score (nSPS) is 11.1. The fraction of sp³-hybridized carbons (Fsp3) is 0.444. The first-order valence-corrected chi connectivity index (χ1v) is 8.42. The van der Waals surface area contributed by atoms with Crippen LogP contribution in [0.1, 0.15) is 41.3 Å². The molecular weight excluding hydrogens is 278 g/mol. The van der Waals surface area contributed by atoms with Crippen molar-refractivity contribution < 1.29 is 4.74 Å². The van der Waals surface area contributed by atoms with Crippen LogP contribution in [0.4, 0.5) is 0 Å².